The number of nitrogens with two attached hydrogens (primary N) is 1. The summed E-state index contributed by atoms with van der Waals surface area (Å²) in [6, 6.07) is -0.390. The first-order valence-electron chi connectivity index (χ1n) is 4.52. The average molecular weight is 286 g/mol. The lowest BCUT2D eigenvalue weighted by Crippen LogP contribution is -2.40. The van der Waals surface area contributed by atoms with Crippen LogP contribution in [0.1, 0.15) is 19.0 Å². The first kappa shape index (κ1) is 18.0. The number of aromatic nitrogens is 1. The lowest BCUT2D eigenvalue weighted by molar-refractivity contribution is -0.131. The number of nitrogens with zero attached hydrogens (tertiary/aromatic N) is 2. The standard InChI is InChI=1S/C9H15N3OS.2ClH/c1-3-8(10)9(13)12(2)4-7-5-14-6-11-7;;/h5-6,8H,3-4,10H2,1-2H3;2*1H/t8-;;/m0../s1. The normalized spacial score (nSPS) is 10.9. The molecule has 1 amide bonds. The van der Waals surface area contributed by atoms with Crippen LogP contribution in [0.15, 0.2) is 10.9 Å². The SMILES string of the molecule is CC[C@H](N)C(=O)N(C)Cc1cscn1.Cl.Cl. The highest BCUT2D eigenvalue weighted by molar-refractivity contribution is 7.07. The van der Waals surface area contributed by atoms with Gasteiger partial charge in [-0.05, 0) is 6.42 Å². The number of likely N-dealkylation sites (N-methyl/N-ethyl adjacent to an activating group) is 1. The lowest BCUT2D eigenvalue weighted by Gasteiger charge is -2.19. The molecule has 4 nitrogen and oxygen atoms in total. The zero-order chi connectivity index (χ0) is 10.6. The number of hydrogen-bond acceptors (Lipinski definition) is 4. The zero-order valence-corrected chi connectivity index (χ0v) is 11.7. The van der Waals surface area contributed by atoms with Crippen LogP contribution in [-0.4, -0.2) is 28.9 Å². The van der Waals surface area contributed by atoms with Gasteiger partial charge >= 0.3 is 0 Å². The Morgan fingerprint density at radius 1 is 1.62 bits per heavy atom. The fourth-order valence-corrected chi connectivity index (χ4v) is 1.64. The van der Waals surface area contributed by atoms with E-state index in [1.807, 2.05) is 12.3 Å². The third kappa shape index (κ3) is 5.12. The van der Waals surface area contributed by atoms with Crippen molar-refractivity contribution in [1.29, 1.82) is 0 Å². The summed E-state index contributed by atoms with van der Waals surface area (Å²) in [6.07, 6.45) is 0.667. The van der Waals surface area contributed by atoms with E-state index in [1.54, 1.807) is 17.5 Å². The van der Waals surface area contributed by atoms with E-state index in [9.17, 15) is 4.79 Å². The van der Waals surface area contributed by atoms with Crippen LogP contribution in [-0.2, 0) is 11.3 Å². The minimum Gasteiger partial charge on any atom is -0.338 e. The molecule has 1 heterocycles. The first-order valence-corrected chi connectivity index (χ1v) is 5.47. The molecular weight excluding hydrogens is 269 g/mol. The van der Waals surface area contributed by atoms with Gasteiger partial charge in [0.05, 0.1) is 23.8 Å². The highest BCUT2D eigenvalue weighted by Crippen LogP contribution is 2.05. The highest BCUT2D eigenvalue weighted by atomic mass is 35.5. The molecule has 0 aliphatic carbocycles. The molecule has 0 unspecified atom stereocenters. The number of thiazole rings is 1. The van der Waals surface area contributed by atoms with Crippen molar-refractivity contribution in [3.8, 4) is 0 Å². The molecule has 1 atom stereocenters. The smallest absolute Gasteiger partial charge is 0.239 e. The van der Waals surface area contributed by atoms with Crippen molar-refractivity contribution in [3.63, 3.8) is 0 Å². The predicted octanol–water partition coefficient (Wildman–Crippen LogP) is 1.68. The molecule has 0 saturated heterocycles. The van der Waals surface area contributed by atoms with Crippen molar-refractivity contribution < 1.29 is 4.79 Å². The van der Waals surface area contributed by atoms with E-state index in [0.717, 1.165) is 5.69 Å². The molecule has 7 heteroatoms. The van der Waals surface area contributed by atoms with Crippen LogP contribution in [0.3, 0.4) is 0 Å². The van der Waals surface area contributed by atoms with Crippen LogP contribution in [0.25, 0.3) is 0 Å². The van der Waals surface area contributed by atoms with Gasteiger partial charge in [-0.3, -0.25) is 4.79 Å². The fraction of sp³-hybridized carbons (Fsp3) is 0.556. The molecule has 0 saturated carbocycles. The van der Waals surface area contributed by atoms with Gasteiger partial charge in [0.2, 0.25) is 5.91 Å². The van der Waals surface area contributed by atoms with Crippen molar-refractivity contribution in [2.24, 2.45) is 5.73 Å². The van der Waals surface area contributed by atoms with E-state index in [0.29, 0.717) is 13.0 Å². The average Bonchev–Trinajstić information content (AvgIpc) is 2.68. The van der Waals surface area contributed by atoms with Crippen LogP contribution in [0.2, 0.25) is 0 Å². The van der Waals surface area contributed by atoms with Gasteiger partial charge in [0.25, 0.3) is 0 Å². The molecule has 1 aromatic heterocycles. The maximum Gasteiger partial charge on any atom is 0.239 e. The summed E-state index contributed by atoms with van der Waals surface area (Å²) in [5, 5.41) is 1.93. The van der Waals surface area contributed by atoms with Gasteiger partial charge < -0.3 is 10.6 Å². The Balaban J connectivity index is 0. The molecule has 2 N–H and O–H groups in total. The van der Waals surface area contributed by atoms with Crippen LogP contribution < -0.4 is 5.73 Å². The summed E-state index contributed by atoms with van der Waals surface area (Å²) in [5.74, 6) is -0.0273. The predicted molar refractivity (Wildman–Crippen MR) is 71.4 cm³/mol. The lowest BCUT2D eigenvalue weighted by atomic mass is 10.2. The van der Waals surface area contributed by atoms with Crippen molar-refractivity contribution in [3.05, 3.63) is 16.6 Å². The van der Waals surface area contributed by atoms with Crippen LogP contribution >= 0.6 is 36.2 Å². The van der Waals surface area contributed by atoms with E-state index in [4.69, 9.17) is 5.73 Å². The zero-order valence-electron chi connectivity index (χ0n) is 9.25. The molecule has 94 valence electrons. The van der Waals surface area contributed by atoms with Gasteiger partial charge in [-0.1, -0.05) is 6.92 Å². The quantitative estimate of drug-likeness (QED) is 0.916. The van der Waals surface area contributed by atoms with Crippen molar-refractivity contribution in [2.75, 3.05) is 7.05 Å². The number of carbonyl (C=O) groups is 1. The van der Waals surface area contributed by atoms with Crippen LogP contribution in [0.4, 0.5) is 0 Å². The Morgan fingerprint density at radius 2 is 2.25 bits per heavy atom. The number of hydrogen-bond donors (Lipinski definition) is 1. The Hall–Kier alpha value is -0.360. The molecule has 0 bridgehead atoms. The molecule has 0 aromatic carbocycles. The van der Waals surface area contributed by atoms with Crippen molar-refractivity contribution >= 4 is 42.1 Å². The Labute approximate surface area is 112 Å². The largest absolute Gasteiger partial charge is 0.338 e. The summed E-state index contributed by atoms with van der Waals surface area (Å²) >= 11 is 1.53. The molecule has 0 aliphatic heterocycles. The topological polar surface area (TPSA) is 59.2 Å². The molecule has 16 heavy (non-hydrogen) atoms. The van der Waals surface area contributed by atoms with Gasteiger partial charge in [0, 0.05) is 12.4 Å². The van der Waals surface area contributed by atoms with Crippen molar-refractivity contribution in [2.45, 2.75) is 25.9 Å². The second-order valence-corrected chi connectivity index (χ2v) is 3.91. The third-order valence-electron chi connectivity index (χ3n) is 2.02. The molecule has 0 aliphatic rings. The van der Waals surface area contributed by atoms with Gasteiger partial charge in [-0.2, -0.15) is 0 Å². The molecule has 1 rings (SSSR count). The van der Waals surface area contributed by atoms with E-state index in [2.05, 4.69) is 4.98 Å². The Bertz CT molecular complexity index is 295. The minimum absolute atomic E-state index is 0. The monoisotopic (exact) mass is 285 g/mol. The number of rotatable bonds is 4. The summed E-state index contributed by atoms with van der Waals surface area (Å²) in [4.78, 5) is 17.3. The fourth-order valence-electron chi connectivity index (χ4n) is 1.09. The summed E-state index contributed by atoms with van der Waals surface area (Å²) in [6.45, 7) is 2.44. The second-order valence-electron chi connectivity index (χ2n) is 3.19. The molecular formula is C9H17Cl2N3OS. The minimum atomic E-state index is -0.390. The summed E-state index contributed by atoms with van der Waals surface area (Å²) in [5.41, 5.74) is 8.31. The van der Waals surface area contributed by atoms with E-state index in [1.165, 1.54) is 11.3 Å². The van der Waals surface area contributed by atoms with E-state index in [-0.39, 0.29) is 30.7 Å². The van der Waals surface area contributed by atoms with Gasteiger partial charge in [0.15, 0.2) is 0 Å². The summed E-state index contributed by atoms with van der Waals surface area (Å²) in [7, 11) is 1.75. The Morgan fingerprint density at radius 3 is 2.69 bits per heavy atom. The summed E-state index contributed by atoms with van der Waals surface area (Å²) < 4.78 is 0. The molecule has 0 spiro atoms. The first-order chi connectivity index (χ1) is 6.65. The van der Waals surface area contributed by atoms with E-state index >= 15 is 0 Å². The third-order valence-corrected chi connectivity index (χ3v) is 2.65. The number of halogens is 2. The second kappa shape index (κ2) is 8.75. The maximum atomic E-state index is 11.6. The van der Waals surface area contributed by atoms with Crippen LogP contribution in [0.5, 0.6) is 0 Å². The van der Waals surface area contributed by atoms with Gasteiger partial charge in [-0.25, -0.2) is 4.98 Å². The maximum absolute atomic E-state index is 11.6. The number of carbonyl (C=O) groups excluding carboxylic acids is 1. The van der Waals surface area contributed by atoms with E-state index < -0.39 is 6.04 Å². The van der Waals surface area contributed by atoms with Gasteiger partial charge in [-0.15, -0.1) is 36.2 Å². The highest BCUT2D eigenvalue weighted by Gasteiger charge is 2.16. The van der Waals surface area contributed by atoms with Gasteiger partial charge in [0.1, 0.15) is 0 Å². The number of amides is 1. The van der Waals surface area contributed by atoms with Crippen molar-refractivity contribution in [1.82, 2.24) is 9.88 Å². The molecule has 0 radical (unpaired) electrons. The Kier molecular flexibility index (Phi) is 9.86. The molecule has 0 fully saturated rings. The molecule has 1 aromatic rings. The van der Waals surface area contributed by atoms with Crippen LogP contribution in [0, 0.1) is 0 Å².